The van der Waals surface area contributed by atoms with E-state index in [0.717, 1.165) is 17.0 Å². The third-order valence-corrected chi connectivity index (χ3v) is 5.40. The Morgan fingerprint density at radius 2 is 1.68 bits per heavy atom. The second-order valence-corrected chi connectivity index (χ2v) is 7.06. The Morgan fingerprint density at radius 3 is 2.24 bits per heavy atom. The number of rotatable bonds is 4. The average molecular weight is 340 g/mol. The van der Waals surface area contributed by atoms with Crippen LogP contribution in [0.3, 0.4) is 0 Å². The highest BCUT2D eigenvalue weighted by Crippen LogP contribution is 2.52. The fraction of sp³-hybridized carbons (Fsp3) is 0.421. The van der Waals surface area contributed by atoms with E-state index in [-0.39, 0.29) is 35.5 Å². The van der Waals surface area contributed by atoms with E-state index >= 15 is 0 Å². The zero-order valence-electron chi connectivity index (χ0n) is 14.1. The lowest BCUT2D eigenvalue weighted by atomic mass is 9.85. The summed E-state index contributed by atoms with van der Waals surface area (Å²) in [5.41, 5.74) is 3.54. The molecule has 2 fully saturated rings. The van der Waals surface area contributed by atoms with Gasteiger partial charge in [0.15, 0.2) is 6.10 Å². The summed E-state index contributed by atoms with van der Waals surface area (Å²) in [5, 5.41) is 0.902. The Hall–Kier alpha value is -2.63. The third-order valence-electron chi connectivity index (χ3n) is 5.40. The van der Waals surface area contributed by atoms with E-state index in [2.05, 4.69) is 5.43 Å². The van der Waals surface area contributed by atoms with Crippen LogP contribution in [0.2, 0.25) is 0 Å². The number of hydrogen-bond acceptors (Lipinski definition) is 4. The number of fused-ring (bicyclic) bond motifs is 5. The minimum atomic E-state index is -0.821. The molecule has 2 aliphatic carbocycles. The van der Waals surface area contributed by atoms with Gasteiger partial charge in [0.1, 0.15) is 5.75 Å². The summed E-state index contributed by atoms with van der Waals surface area (Å²) in [5.74, 6) is -0.962. The number of aryl methyl sites for hydroxylation is 1. The molecule has 1 aliphatic heterocycles. The number of imide groups is 1. The van der Waals surface area contributed by atoms with E-state index in [0.29, 0.717) is 5.75 Å². The quantitative estimate of drug-likeness (QED) is 0.667. The Balaban J connectivity index is 1.42. The molecule has 1 aromatic rings. The number of hydrogen-bond donors (Lipinski definition) is 1. The zero-order chi connectivity index (χ0) is 17.7. The first kappa shape index (κ1) is 15.9. The molecule has 3 aliphatic rings. The van der Waals surface area contributed by atoms with Gasteiger partial charge in [0.05, 0.1) is 11.8 Å². The predicted octanol–water partition coefficient (Wildman–Crippen LogP) is 1.60. The lowest BCUT2D eigenvalue weighted by molar-refractivity contribution is -0.151. The van der Waals surface area contributed by atoms with Crippen molar-refractivity contribution in [3.05, 3.63) is 42.0 Å². The van der Waals surface area contributed by atoms with Gasteiger partial charge in [-0.1, -0.05) is 29.8 Å². The molecule has 6 nitrogen and oxygen atoms in total. The average Bonchev–Trinajstić information content (AvgIpc) is 3.26. The zero-order valence-corrected chi connectivity index (χ0v) is 14.1. The van der Waals surface area contributed by atoms with Gasteiger partial charge in [-0.25, -0.2) is 0 Å². The van der Waals surface area contributed by atoms with Gasteiger partial charge >= 0.3 is 0 Å². The SMILES string of the molecule is Cc1ccc(O[C@@H](C)C(=O)NN2C(=O)[C@@H]3[C@@H](C2=O)[C@H]2C=C[C@@H]3C2)cc1. The van der Waals surface area contributed by atoms with Crippen molar-refractivity contribution in [2.75, 3.05) is 0 Å². The minimum Gasteiger partial charge on any atom is -0.481 e. The van der Waals surface area contributed by atoms with Gasteiger partial charge < -0.3 is 4.74 Å². The number of amides is 3. The summed E-state index contributed by atoms with van der Waals surface area (Å²) in [6, 6.07) is 7.33. The van der Waals surface area contributed by atoms with Crippen LogP contribution >= 0.6 is 0 Å². The molecule has 130 valence electrons. The van der Waals surface area contributed by atoms with Crippen molar-refractivity contribution in [1.29, 1.82) is 0 Å². The van der Waals surface area contributed by atoms with Crippen LogP contribution in [0.4, 0.5) is 0 Å². The first-order valence-electron chi connectivity index (χ1n) is 8.55. The Morgan fingerprint density at radius 1 is 1.12 bits per heavy atom. The van der Waals surface area contributed by atoms with Crippen LogP contribution in [0, 0.1) is 30.6 Å². The molecular weight excluding hydrogens is 320 g/mol. The molecule has 6 heteroatoms. The predicted molar refractivity (Wildman–Crippen MR) is 89.0 cm³/mol. The van der Waals surface area contributed by atoms with Crippen LogP contribution in [0.1, 0.15) is 18.9 Å². The highest BCUT2D eigenvalue weighted by Gasteiger charge is 2.59. The summed E-state index contributed by atoms with van der Waals surface area (Å²) in [4.78, 5) is 37.5. The first-order chi connectivity index (χ1) is 12.0. The number of nitrogens with zero attached hydrogens (tertiary/aromatic N) is 1. The molecule has 3 amide bonds. The van der Waals surface area contributed by atoms with Crippen LogP contribution in [0.15, 0.2) is 36.4 Å². The van der Waals surface area contributed by atoms with Gasteiger partial charge in [0.2, 0.25) is 0 Å². The standard InChI is InChI=1S/C19H20N2O4/c1-10-3-7-14(8-4-10)25-11(2)17(22)20-21-18(23)15-12-5-6-13(9-12)16(15)19(21)24/h3-8,11-13,15-16H,9H2,1-2H3,(H,20,22)/t11-,12-,13+,15-,16-/m0/s1. The van der Waals surface area contributed by atoms with E-state index in [9.17, 15) is 14.4 Å². The monoisotopic (exact) mass is 340 g/mol. The van der Waals surface area contributed by atoms with Crippen molar-refractivity contribution in [2.45, 2.75) is 26.4 Å². The van der Waals surface area contributed by atoms with E-state index in [4.69, 9.17) is 4.74 Å². The molecule has 4 rings (SSSR count). The number of carbonyl (C=O) groups excluding carboxylic acids is 3. The molecule has 5 atom stereocenters. The lowest BCUT2D eigenvalue weighted by Gasteiger charge is -2.21. The van der Waals surface area contributed by atoms with Crippen molar-refractivity contribution >= 4 is 17.7 Å². The normalized spacial score (nSPS) is 30.6. The van der Waals surface area contributed by atoms with Gasteiger partial charge in [0.25, 0.3) is 17.7 Å². The third kappa shape index (κ3) is 2.52. The maximum atomic E-state index is 12.6. The number of hydrazine groups is 1. The number of allylic oxidation sites excluding steroid dienone is 2. The van der Waals surface area contributed by atoms with E-state index in [1.165, 1.54) is 0 Å². The second-order valence-electron chi connectivity index (χ2n) is 7.06. The van der Waals surface area contributed by atoms with Gasteiger partial charge in [0, 0.05) is 0 Å². The fourth-order valence-electron chi connectivity index (χ4n) is 4.09. The van der Waals surface area contributed by atoms with Gasteiger partial charge in [-0.15, -0.1) is 0 Å². The molecule has 0 aromatic heterocycles. The molecule has 2 bridgehead atoms. The van der Waals surface area contributed by atoms with Crippen molar-refractivity contribution in [3.63, 3.8) is 0 Å². The minimum absolute atomic E-state index is 0.120. The van der Waals surface area contributed by atoms with E-state index in [1.807, 2.05) is 31.2 Å². The molecule has 1 saturated heterocycles. The van der Waals surface area contributed by atoms with Crippen LogP contribution in [0.5, 0.6) is 5.75 Å². The maximum Gasteiger partial charge on any atom is 0.279 e. The molecule has 1 aromatic carbocycles. The molecule has 25 heavy (non-hydrogen) atoms. The summed E-state index contributed by atoms with van der Waals surface area (Å²) >= 11 is 0. The molecule has 1 saturated carbocycles. The lowest BCUT2D eigenvalue weighted by Crippen LogP contribution is -2.51. The smallest absolute Gasteiger partial charge is 0.279 e. The van der Waals surface area contributed by atoms with Crippen LogP contribution in [-0.2, 0) is 14.4 Å². The molecule has 0 radical (unpaired) electrons. The van der Waals surface area contributed by atoms with Crippen LogP contribution < -0.4 is 10.2 Å². The molecule has 1 heterocycles. The summed E-state index contributed by atoms with van der Waals surface area (Å²) in [7, 11) is 0. The van der Waals surface area contributed by atoms with E-state index in [1.54, 1.807) is 19.1 Å². The number of benzene rings is 1. The van der Waals surface area contributed by atoms with Crippen molar-refractivity contribution in [2.24, 2.45) is 23.7 Å². The first-order valence-corrected chi connectivity index (χ1v) is 8.55. The highest BCUT2D eigenvalue weighted by atomic mass is 16.5. The number of ether oxygens (including phenoxy) is 1. The number of nitrogens with one attached hydrogen (secondary N) is 1. The summed E-state index contributed by atoms with van der Waals surface area (Å²) < 4.78 is 5.59. The molecule has 1 N–H and O–H groups in total. The largest absolute Gasteiger partial charge is 0.481 e. The highest BCUT2D eigenvalue weighted by molar-refractivity contribution is 6.07. The maximum absolute atomic E-state index is 12.6. The number of carbonyl (C=O) groups is 3. The van der Waals surface area contributed by atoms with Crippen LogP contribution in [0.25, 0.3) is 0 Å². The van der Waals surface area contributed by atoms with Crippen molar-refractivity contribution < 1.29 is 19.1 Å². The van der Waals surface area contributed by atoms with Gasteiger partial charge in [-0.05, 0) is 44.2 Å². The van der Waals surface area contributed by atoms with Crippen LogP contribution in [-0.4, -0.2) is 28.8 Å². The Labute approximate surface area is 145 Å². The Bertz CT molecular complexity index is 740. The summed E-state index contributed by atoms with van der Waals surface area (Å²) in [6.07, 6.45) is 4.08. The molecule has 0 spiro atoms. The Kier molecular flexibility index (Phi) is 3.63. The fourth-order valence-corrected chi connectivity index (χ4v) is 4.09. The van der Waals surface area contributed by atoms with Crippen molar-refractivity contribution in [3.8, 4) is 5.75 Å². The van der Waals surface area contributed by atoms with Gasteiger partial charge in [-0.2, -0.15) is 5.01 Å². The van der Waals surface area contributed by atoms with Crippen molar-refractivity contribution in [1.82, 2.24) is 10.4 Å². The summed E-state index contributed by atoms with van der Waals surface area (Å²) in [6.45, 7) is 3.55. The second kappa shape index (κ2) is 5.72. The van der Waals surface area contributed by atoms with Gasteiger partial charge in [-0.3, -0.25) is 19.8 Å². The molecule has 0 unspecified atom stereocenters. The topological polar surface area (TPSA) is 75.7 Å². The van der Waals surface area contributed by atoms with E-state index < -0.39 is 12.0 Å². The molecular formula is C19H20N2O4.